The van der Waals surface area contributed by atoms with E-state index in [9.17, 15) is 0 Å². The molecule has 0 aromatic carbocycles. The second-order valence-corrected chi connectivity index (χ2v) is 3.97. The van der Waals surface area contributed by atoms with E-state index in [4.69, 9.17) is 5.73 Å². The number of nitrogens with zero attached hydrogens (tertiary/aromatic N) is 2. The quantitative estimate of drug-likeness (QED) is 0.554. The van der Waals surface area contributed by atoms with Crippen LogP contribution in [0.2, 0.25) is 0 Å². The van der Waals surface area contributed by atoms with Crippen molar-refractivity contribution in [3.05, 3.63) is 0 Å². The molecular weight excluding hydrogens is 138 g/mol. The van der Waals surface area contributed by atoms with Crippen LogP contribution in [0.5, 0.6) is 0 Å². The zero-order valence-electron chi connectivity index (χ0n) is 8.30. The van der Waals surface area contributed by atoms with Crippen LogP contribution in [0.15, 0.2) is 0 Å². The minimum atomic E-state index is 0.778. The summed E-state index contributed by atoms with van der Waals surface area (Å²) in [5, 5.41) is 0. The van der Waals surface area contributed by atoms with Crippen LogP contribution >= 0.6 is 0 Å². The lowest BCUT2D eigenvalue weighted by Gasteiger charge is -2.30. The van der Waals surface area contributed by atoms with Gasteiger partial charge in [0.15, 0.2) is 0 Å². The molecule has 0 bridgehead atoms. The van der Waals surface area contributed by atoms with E-state index in [1.54, 1.807) is 0 Å². The molecular formula is C8H22N3+. The van der Waals surface area contributed by atoms with Crippen LogP contribution in [0.3, 0.4) is 0 Å². The van der Waals surface area contributed by atoms with Gasteiger partial charge in [-0.1, -0.05) is 0 Å². The molecule has 0 aromatic heterocycles. The summed E-state index contributed by atoms with van der Waals surface area (Å²) >= 11 is 0. The van der Waals surface area contributed by atoms with E-state index in [1.165, 1.54) is 6.54 Å². The van der Waals surface area contributed by atoms with Crippen LogP contribution in [0.1, 0.15) is 0 Å². The Labute approximate surface area is 70.4 Å². The van der Waals surface area contributed by atoms with Crippen molar-refractivity contribution >= 4 is 0 Å². The highest BCUT2D eigenvalue weighted by atomic mass is 15.3. The van der Waals surface area contributed by atoms with Gasteiger partial charge in [0.05, 0.1) is 27.2 Å². The van der Waals surface area contributed by atoms with Gasteiger partial charge < -0.3 is 15.1 Å². The summed E-state index contributed by atoms with van der Waals surface area (Å²) in [6.07, 6.45) is 0. The first-order valence-electron chi connectivity index (χ1n) is 4.15. The molecule has 0 radical (unpaired) electrons. The van der Waals surface area contributed by atoms with Crippen molar-refractivity contribution < 1.29 is 4.48 Å². The molecule has 0 fully saturated rings. The summed E-state index contributed by atoms with van der Waals surface area (Å²) in [7, 11) is 8.64. The molecule has 0 heterocycles. The molecule has 0 spiro atoms. The molecule has 0 rings (SSSR count). The molecule has 0 aromatic rings. The SMILES string of the molecule is CN(C)CC[N+](C)(C)CCN. The third-order valence-electron chi connectivity index (χ3n) is 1.89. The molecule has 3 heteroatoms. The van der Waals surface area contributed by atoms with Gasteiger partial charge in [0.1, 0.15) is 0 Å². The largest absolute Gasteiger partial charge is 0.326 e. The van der Waals surface area contributed by atoms with Crippen molar-refractivity contribution in [1.82, 2.24) is 4.90 Å². The topological polar surface area (TPSA) is 29.3 Å². The van der Waals surface area contributed by atoms with Crippen molar-refractivity contribution in [2.24, 2.45) is 5.73 Å². The molecule has 3 nitrogen and oxygen atoms in total. The van der Waals surface area contributed by atoms with Crippen LogP contribution in [0, 0.1) is 0 Å². The zero-order valence-corrected chi connectivity index (χ0v) is 8.30. The summed E-state index contributed by atoms with van der Waals surface area (Å²) in [5.41, 5.74) is 5.49. The number of quaternary nitrogens is 1. The van der Waals surface area contributed by atoms with Crippen molar-refractivity contribution in [2.75, 3.05) is 54.4 Å². The van der Waals surface area contributed by atoms with Gasteiger partial charge in [-0.05, 0) is 14.1 Å². The van der Waals surface area contributed by atoms with E-state index in [0.29, 0.717) is 0 Å². The van der Waals surface area contributed by atoms with E-state index in [0.717, 1.165) is 24.1 Å². The molecule has 0 saturated carbocycles. The van der Waals surface area contributed by atoms with Crippen LogP contribution < -0.4 is 5.73 Å². The number of hydrogen-bond donors (Lipinski definition) is 1. The summed E-state index contributed by atoms with van der Waals surface area (Å²) in [5.74, 6) is 0. The minimum absolute atomic E-state index is 0.778. The average molecular weight is 160 g/mol. The first-order valence-corrected chi connectivity index (χ1v) is 4.15. The molecule has 0 amide bonds. The van der Waals surface area contributed by atoms with Crippen LogP contribution in [0.25, 0.3) is 0 Å². The van der Waals surface area contributed by atoms with Gasteiger partial charge in [0.25, 0.3) is 0 Å². The normalized spacial score (nSPS) is 12.5. The Morgan fingerprint density at radius 2 is 1.73 bits per heavy atom. The number of nitrogens with two attached hydrogens (primary N) is 1. The first kappa shape index (κ1) is 10.9. The van der Waals surface area contributed by atoms with Crippen LogP contribution in [-0.2, 0) is 0 Å². The van der Waals surface area contributed by atoms with Crippen molar-refractivity contribution in [3.63, 3.8) is 0 Å². The summed E-state index contributed by atoms with van der Waals surface area (Å²) in [4.78, 5) is 2.20. The summed E-state index contributed by atoms with van der Waals surface area (Å²) in [6, 6.07) is 0. The fourth-order valence-electron chi connectivity index (χ4n) is 0.932. The maximum Gasteiger partial charge on any atom is 0.0911 e. The molecule has 11 heavy (non-hydrogen) atoms. The van der Waals surface area contributed by atoms with Gasteiger partial charge in [0.2, 0.25) is 0 Å². The second-order valence-electron chi connectivity index (χ2n) is 3.97. The van der Waals surface area contributed by atoms with Gasteiger partial charge in [-0.2, -0.15) is 0 Å². The Morgan fingerprint density at radius 1 is 1.18 bits per heavy atom. The van der Waals surface area contributed by atoms with Gasteiger partial charge in [-0.25, -0.2) is 0 Å². The highest BCUT2D eigenvalue weighted by molar-refractivity contribution is 4.42. The Bertz CT molecular complexity index is 99.5. The average Bonchev–Trinajstić information content (AvgIpc) is 1.84. The molecule has 0 aliphatic rings. The van der Waals surface area contributed by atoms with E-state index in [1.807, 2.05) is 0 Å². The van der Waals surface area contributed by atoms with E-state index >= 15 is 0 Å². The molecule has 0 aliphatic carbocycles. The minimum Gasteiger partial charge on any atom is -0.326 e. The third-order valence-corrected chi connectivity index (χ3v) is 1.89. The Kier molecular flexibility index (Phi) is 4.65. The second kappa shape index (κ2) is 4.70. The maximum absolute atomic E-state index is 5.49. The van der Waals surface area contributed by atoms with Crippen LogP contribution in [0.4, 0.5) is 0 Å². The number of likely N-dealkylation sites (N-methyl/N-ethyl adjacent to an activating group) is 2. The highest BCUT2D eigenvalue weighted by Crippen LogP contribution is 1.94. The third kappa shape index (κ3) is 6.28. The lowest BCUT2D eigenvalue weighted by molar-refractivity contribution is -0.888. The Balaban J connectivity index is 3.54. The van der Waals surface area contributed by atoms with Gasteiger partial charge >= 0.3 is 0 Å². The van der Waals surface area contributed by atoms with Crippen molar-refractivity contribution in [1.29, 1.82) is 0 Å². The smallest absolute Gasteiger partial charge is 0.0911 e. The predicted octanol–water partition coefficient (Wildman–Crippen LogP) is -0.417. The van der Waals surface area contributed by atoms with Gasteiger partial charge in [-0.3, -0.25) is 0 Å². The van der Waals surface area contributed by atoms with Crippen molar-refractivity contribution in [3.8, 4) is 0 Å². The number of hydrogen-bond acceptors (Lipinski definition) is 2. The Hall–Kier alpha value is -0.120. The van der Waals surface area contributed by atoms with E-state index in [-0.39, 0.29) is 0 Å². The Morgan fingerprint density at radius 3 is 2.09 bits per heavy atom. The molecule has 0 aliphatic heterocycles. The lowest BCUT2D eigenvalue weighted by atomic mass is 10.4. The maximum atomic E-state index is 5.49. The van der Waals surface area contributed by atoms with Crippen molar-refractivity contribution in [2.45, 2.75) is 0 Å². The zero-order chi connectivity index (χ0) is 8.91. The molecule has 68 valence electrons. The molecule has 0 unspecified atom stereocenters. The molecule has 0 saturated heterocycles. The number of rotatable bonds is 5. The summed E-state index contributed by atoms with van der Waals surface area (Å²) < 4.78 is 1.02. The van der Waals surface area contributed by atoms with E-state index in [2.05, 4.69) is 33.1 Å². The predicted molar refractivity (Wildman–Crippen MR) is 49.5 cm³/mol. The van der Waals surface area contributed by atoms with E-state index < -0.39 is 0 Å². The first-order chi connectivity index (χ1) is 4.98. The standard InChI is InChI=1S/C8H22N3/c1-10(2)6-8-11(3,4)7-5-9/h5-9H2,1-4H3/q+1. The monoisotopic (exact) mass is 160 g/mol. The fourth-order valence-corrected chi connectivity index (χ4v) is 0.932. The molecule has 0 atom stereocenters. The van der Waals surface area contributed by atoms with Gasteiger partial charge in [-0.15, -0.1) is 0 Å². The van der Waals surface area contributed by atoms with Crippen LogP contribution in [-0.4, -0.2) is 63.8 Å². The molecule has 2 N–H and O–H groups in total. The fraction of sp³-hybridized carbons (Fsp3) is 1.00. The lowest BCUT2D eigenvalue weighted by Crippen LogP contribution is -2.47. The van der Waals surface area contributed by atoms with Gasteiger partial charge in [0, 0.05) is 13.1 Å². The highest BCUT2D eigenvalue weighted by Gasteiger charge is 2.12. The summed E-state index contributed by atoms with van der Waals surface area (Å²) in [6.45, 7) is 4.14.